The number of piperidine rings is 1. The van der Waals surface area contributed by atoms with E-state index in [0.29, 0.717) is 53.7 Å². The van der Waals surface area contributed by atoms with Crippen molar-refractivity contribution in [1.29, 1.82) is 16.2 Å². The number of nitrogens with zero attached hydrogens (tertiary/aromatic N) is 5. The summed E-state index contributed by atoms with van der Waals surface area (Å²) in [7, 11) is 1.86. The largest absolute Gasteiger partial charge is 0.508 e. The number of carbonyl (C=O) groups is 2. The lowest BCUT2D eigenvalue weighted by Gasteiger charge is -2.32. The number of aliphatic hydroxyl groups excluding tert-OH is 1. The van der Waals surface area contributed by atoms with Crippen LogP contribution in [0.25, 0.3) is 33.1 Å². The molecule has 3 aromatic heterocycles. The molecule has 0 saturated carbocycles. The van der Waals surface area contributed by atoms with Crippen molar-refractivity contribution in [1.82, 2.24) is 23.9 Å². The van der Waals surface area contributed by atoms with Crippen LogP contribution >= 0.6 is 0 Å². The SMILES string of the molecule is Cc1ccc(C(=O)Nc2ccc(Oc3cc4ccn(C)c4cc3/C(C=N)=C/NC(=O)N3CCC(CCn4ccc5cc(N(C(=N)O)C(=N)c6cc(C(C)C)c(O)cc6O)ccc54)CC3)c(F)c2)c(=O)n1-c1ccc(F)cc1. The smallest absolute Gasteiger partial charge is 0.321 e. The average molecular weight is 1040 g/mol. The fourth-order valence-electron chi connectivity index (χ4n) is 9.72. The first-order chi connectivity index (χ1) is 36.9. The van der Waals surface area contributed by atoms with Crippen LogP contribution in [-0.4, -0.2) is 77.0 Å². The summed E-state index contributed by atoms with van der Waals surface area (Å²) >= 11 is 0. The standard InChI is InChI=1S/C58H56F2N10O7/c1-33(2)44-28-46(51(72)30-50(44)71)54(62)70(57(63)75)42-11-13-48-36(25-42)19-24-67(48)21-15-35-16-22-68(23-17-35)58(76)64-32-38(31-61)45-29-49-37(18-20-66(49)4)26-53(45)77-52-14-8-40(27-47(52)60)65-55(73)43-12-5-34(3)69(56(43)74)41-9-6-39(59)7-10-41/h5-14,18-20,24-33,35,61-62,71-72H,15-17,21-23H2,1-4H3,(H2,63,75)(H,64,76)(H,65,73)/b38-32+,61-31?,62-54?. The fourth-order valence-corrected chi connectivity index (χ4v) is 9.72. The molecule has 8 aromatic rings. The number of aromatic nitrogens is 3. The van der Waals surface area contributed by atoms with Crippen LogP contribution in [-0.2, 0) is 13.6 Å². The van der Waals surface area contributed by atoms with Crippen molar-refractivity contribution in [3.8, 4) is 28.7 Å². The Labute approximate surface area is 441 Å². The van der Waals surface area contributed by atoms with E-state index in [1.807, 2.05) is 56.1 Å². The van der Waals surface area contributed by atoms with Gasteiger partial charge in [-0.2, -0.15) is 0 Å². The normalized spacial score (nSPS) is 13.0. The van der Waals surface area contributed by atoms with Crippen LogP contribution in [0.3, 0.4) is 0 Å². The van der Waals surface area contributed by atoms with Gasteiger partial charge in [-0.1, -0.05) is 13.8 Å². The van der Waals surface area contributed by atoms with Crippen LogP contribution < -0.4 is 25.8 Å². The zero-order valence-electron chi connectivity index (χ0n) is 42.6. The van der Waals surface area contributed by atoms with Crippen molar-refractivity contribution < 1.29 is 38.4 Å². The summed E-state index contributed by atoms with van der Waals surface area (Å²) in [6.45, 7) is 7.10. The second kappa shape index (κ2) is 21.7. The summed E-state index contributed by atoms with van der Waals surface area (Å²) in [6.07, 6.45) is 8.66. The fraction of sp³-hybridized carbons (Fsp3) is 0.207. The number of rotatable bonds is 14. The van der Waals surface area contributed by atoms with Gasteiger partial charge < -0.3 is 50.1 Å². The highest BCUT2D eigenvalue weighted by Crippen LogP contribution is 2.37. The Bertz CT molecular complexity index is 3740. The lowest BCUT2D eigenvalue weighted by molar-refractivity contribution is 0.102. The third kappa shape index (κ3) is 10.9. The number of hydrogen-bond donors (Lipinski definition) is 8. The molecule has 0 spiro atoms. The molecule has 77 heavy (non-hydrogen) atoms. The number of carbonyl (C=O) groups excluding carboxylic acids is 2. The minimum absolute atomic E-state index is 0.0500. The number of amidine groups is 2. The van der Waals surface area contributed by atoms with Gasteiger partial charge in [-0.15, -0.1) is 0 Å². The van der Waals surface area contributed by atoms with Crippen molar-refractivity contribution in [2.45, 2.75) is 52.5 Å². The molecule has 17 nitrogen and oxygen atoms in total. The molecule has 9 rings (SSSR count). The third-order valence-electron chi connectivity index (χ3n) is 14.0. The van der Waals surface area contributed by atoms with Gasteiger partial charge in [0.05, 0.1) is 11.3 Å². The molecule has 1 fully saturated rings. The Kier molecular flexibility index (Phi) is 14.8. The number of allylic oxidation sites excluding steroid dienone is 1. The number of aliphatic hydroxyl groups is 1. The molecule has 1 saturated heterocycles. The second-order valence-electron chi connectivity index (χ2n) is 19.3. The molecule has 1 aliphatic rings. The van der Waals surface area contributed by atoms with Crippen LogP contribution in [0.1, 0.15) is 71.8 Å². The van der Waals surface area contributed by atoms with Gasteiger partial charge in [0.15, 0.2) is 11.6 Å². The van der Waals surface area contributed by atoms with Crippen LogP contribution in [0.5, 0.6) is 23.0 Å². The average Bonchev–Trinajstić information content (AvgIpc) is 4.01. The number of aromatic hydroxyl groups is 2. The van der Waals surface area contributed by atoms with E-state index in [2.05, 4.69) is 15.2 Å². The Hall–Kier alpha value is -9.52. The number of benzene rings is 5. The Morgan fingerprint density at radius 3 is 2.26 bits per heavy atom. The molecule has 0 atom stereocenters. The first-order valence-electron chi connectivity index (χ1n) is 24.8. The third-order valence-corrected chi connectivity index (χ3v) is 14.0. The number of nitrogens with one attached hydrogen (secondary N) is 5. The summed E-state index contributed by atoms with van der Waals surface area (Å²) in [5, 5.41) is 63.8. The highest BCUT2D eigenvalue weighted by molar-refractivity contribution is 6.22. The van der Waals surface area contributed by atoms with Gasteiger partial charge in [-0.3, -0.25) is 25.0 Å². The number of urea groups is 1. The molecule has 0 bridgehead atoms. The number of hydrogen-bond acceptors (Lipinski definition) is 9. The van der Waals surface area contributed by atoms with Gasteiger partial charge in [0, 0.05) is 114 Å². The molecule has 1 aliphatic heterocycles. The van der Waals surface area contributed by atoms with Crippen LogP contribution in [0.2, 0.25) is 0 Å². The summed E-state index contributed by atoms with van der Waals surface area (Å²) in [5.41, 5.74) is 3.37. The zero-order valence-corrected chi connectivity index (χ0v) is 42.6. The van der Waals surface area contributed by atoms with Gasteiger partial charge in [0.1, 0.15) is 34.5 Å². The first kappa shape index (κ1) is 52.3. The molecule has 0 unspecified atom stereocenters. The summed E-state index contributed by atoms with van der Waals surface area (Å²) in [6, 6.07) is 26.0. The van der Waals surface area contributed by atoms with Crippen LogP contribution in [0.4, 0.5) is 25.0 Å². The van der Waals surface area contributed by atoms with Gasteiger partial charge in [0.2, 0.25) is 0 Å². The minimum Gasteiger partial charge on any atom is -0.508 e. The van der Waals surface area contributed by atoms with E-state index in [-0.39, 0.29) is 63.2 Å². The molecular formula is C58H56F2N10O7. The predicted molar refractivity (Wildman–Crippen MR) is 294 cm³/mol. The molecule has 3 amide bonds. The molecule has 0 radical (unpaired) electrons. The van der Waals surface area contributed by atoms with Crippen molar-refractivity contribution >= 4 is 68.8 Å². The van der Waals surface area contributed by atoms with E-state index in [1.165, 1.54) is 59.3 Å². The maximum atomic E-state index is 15.9. The van der Waals surface area contributed by atoms with E-state index < -0.39 is 29.1 Å². The molecule has 19 heteroatoms. The van der Waals surface area contributed by atoms with Crippen LogP contribution in [0, 0.1) is 40.7 Å². The number of likely N-dealkylation sites (tertiary alicyclic amines) is 1. The number of phenolic OH excluding ortho intramolecular Hbond substituents is 2. The van der Waals surface area contributed by atoms with E-state index >= 15 is 4.39 Å². The summed E-state index contributed by atoms with van der Waals surface area (Å²) in [5.74, 6) is -2.67. The number of amides is 3. The number of anilines is 2. The van der Waals surface area contributed by atoms with Crippen LogP contribution in [0.15, 0.2) is 133 Å². The molecule has 0 aliphatic carbocycles. The molecular weight excluding hydrogens is 987 g/mol. The molecule has 8 N–H and O–H groups in total. The van der Waals surface area contributed by atoms with Gasteiger partial charge in [-0.05, 0) is 141 Å². The predicted octanol–water partition coefficient (Wildman–Crippen LogP) is 11.3. The Morgan fingerprint density at radius 2 is 1.56 bits per heavy atom. The number of phenols is 2. The zero-order chi connectivity index (χ0) is 54.8. The van der Waals surface area contributed by atoms with Crippen molar-refractivity contribution in [2.75, 3.05) is 23.3 Å². The topological polar surface area (TPSA) is 238 Å². The van der Waals surface area contributed by atoms with Gasteiger partial charge in [-0.25, -0.2) is 18.5 Å². The number of pyridine rings is 1. The Morgan fingerprint density at radius 1 is 0.831 bits per heavy atom. The second-order valence-corrected chi connectivity index (χ2v) is 19.3. The maximum Gasteiger partial charge on any atom is 0.321 e. The highest BCUT2D eigenvalue weighted by atomic mass is 19.1. The monoisotopic (exact) mass is 1040 g/mol. The van der Waals surface area contributed by atoms with E-state index in [9.17, 15) is 34.1 Å². The summed E-state index contributed by atoms with van der Waals surface area (Å²) < 4.78 is 40.9. The van der Waals surface area contributed by atoms with E-state index in [4.69, 9.17) is 21.0 Å². The number of halogens is 2. The number of aryl methyl sites for hydroxylation is 3. The van der Waals surface area contributed by atoms with Gasteiger partial charge in [0.25, 0.3) is 17.5 Å². The number of fused-ring (bicyclic) bond motifs is 2. The van der Waals surface area contributed by atoms with Crippen molar-refractivity contribution in [3.63, 3.8) is 0 Å². The lowest BCUT2D eigenvalue weighted by atomic mass is 9.93. The molecule has 5 aromatic carbocycles. The van der Waals surface area contributed by atoms with E-state index in [0.717, 1.165) is 64.3 Å². The summed E-state index contributed by atoms with van der Waals surface area (Å²) in [4.78, 5) is 43.1. The highest BCUT2D eigenvalue weighted by Gasteiger charge is 2.26. The molecule has 394 valence electrons. The number of ether oxygens (including phenoxy) is 1. The lowest BCUT2D eigenvalue weighted by Crippen LogP contribution is -2.43. The quantitative estimate of drug-likeness (QED) is 0.0384. The maximum absolute atomic E-state index is 15.9. The first-order valence-corrected chi connectivity index (χ1v) is 24.8. The van der Waals surface area contributed by atoms with Gasteiger partial charge >= 0.3 is 6.03 Å². The van der Waals surface area contributed by atoms with E-state index in [1.54, 1.807) is 42.2 Å². The van der Waals surface area contributed by atoms with Crippen molar-refractivity contribution in [2.24, 2.45) is 13.0 Å². The Balaban J connectivity index is 0.829. The van der Waals surface area contributed by atoms with Crippen molar-refractivity contribution in [3.05, 3.63) is 178 Å². The minimum atomic E-state index is -0.908. The molecule has 4 heterocycles.